The van der Waals surface area contributed by atoms with Gasteiger partial charge >= 0.3 is 0 Å². The summed E-state index contributed by atoms with van der Waals surface area (Å²) < 4.78 is 5.48. The summed E-state index contributed by atoms with van der Waals surface area (Å²) in [6, 6.07) is 9.42. The van der Waals surface area contributed by atoms with Crippen LogP contribution in [0.1, 0.15) is 69.0 Å². The second-order valence-electron chi connectivity index (χ2n) is 6.05. The van der Waals surface area contributed by atoms with Crippen LogP contribution in [0.2, 0.25) is 0 Å². The van der Waals surface area contributed by atoms with E-state index in [4.69, 9.17) is 4.74 Å². The lowest BCUT2D eigenvalue weighted by Gasteiger charge is -2.31. The molecule has 2 heteroatoms. The maximum Gasteiger partial charge on any atom is 0.0561 e. The van der Waals surface area contributed by atoms with E-state index in [0.717, 1.165) is 18.9 Å². The Kier molecular flexibility index (Phi) is 6.06. The third-order valence-electron chi connectivity index (χ3n) is 4.53. The molecule has 1 saturated carbocycles. The molecule has 0 heterocycles. The van der Waals surface area contributed by atoms with Crippen molar-refractivity contribution in [2.45, 2.75) is 64.0 Å². The Morgan fingerprint density at radius 3 is 2.65 bits per heavy atom. The smallest absolute Gasteiger partial charge is 0.0561 e. The topological polar surface area (TPSA) is 21.3 Å². The predicted octanol–water partition coefficient (Wildman–Crippen LogP) is 4.42. The van der Waals surface area contributed by atoms with Crippen LogP contribution in [0.15, 0.2) is 24.3 Å². The maximum absolute atomic E-state index is 5.48. The first-order chi connectivity index (χ1) is 9.76. The molecule has 0 aliphatic heterocycles. The molecule has 1 N–H and O–H groups in total. The second-order valence-corrected chi connectivity index (χ2v) is 6.05. The van der Waals surface area contributed by atoms with Gasteiger partial charge in [-0.3, -0.25) is 0 Å². The molecule has 2 nitrogen and oxygen atoms in total. The van der Waals surface area contributed by atoms with Crippen molar-refractivity contribution in [2.75, 3.05) is 13.7 Å². The van der Waals surface area contributed by atoms with Gasteiger partial charge in [0.15, 0.2) is 0 Å². The van der Waals surface area contributed by atoms with E-state index in [9.17, 15) is 0 Å². The molecular formula is C18H29NO. The van der Waals surface area contributed by atoms with Gasteiger partial charge in [-0.25, -0.2) is 0 Å². The number of benzene rings is 1. The summed E-state index contributed by atoms with van der Waals surface area (Å²) in [5, 5.41) is 3.71. The number of rotatable bonds is 8. The van der Waals surface area contributed by atoms with Crippen molar-refractivity contribution in [1.29, 1.82) is 0 Å². The van der Waals surface area contributed by atoms with E-state index in [1.165, 1.54) is 31.2 Å². The highest BCUT2D eigenvalue weighted by molar-refractivity contribution is 5.34. The SMILES string of the molecule is CCCNC(CC(C)OC)c1ccccc1C1CCC1. The Balaban J connectivity index is 2.17. The molecule has 0 amide bonds. The molecule has 2 rings (SSSR count). The van der Waals surface area contributed by atoms with E-state index >= 15 is 0 Å². The molecule has 0 radical (unpaired) electrons. The van der Waals surface area contributed by atoms with Gasteiger partial charge in [-0.2, -0.15) is 0 Å². The summed E-state index contributed by atoms with van der Waals surface area (Å²) in [5.41, 5.74) is 3.06. The Hall–Kier alpha value is -0.860. The third-order valence-corrected chi connectivity index (χ3v) is 4.53. The van der Waals surface area contributed by atoms with Crippen LogP contribution >= 0.6 is 0 Å². The van der Waals surface area contributed by atoms with Crippen LogP contribution in [0.4, 0.5) is 0 Å². The molecule has 1 aliphatic rings. The summed E-state index contributed by atoms with van der Waals surface area (Å²) >= 11 is 0. The van der Waals surface area contributed by atoms with Crippen LogP contribution in [0.5, 0.6) is 0 Å². The first-order valence-electron chi connectivity index (χ1n) is 8.11. The third kappa shape index (κ3) is 3.83. The second kappa shape index (κ2) is 7.80. The van der Waals surface area contributed by atoms with Crippen LogP contribution in [0.3, 0.4) is 0 Å². The summed E-state index contributed by atoms with van der Waals surface area (Å²) in [4.78, 5) is 0. The number of ether oxygens (including phenoxy) is 1. The minimum atomic E-state index is 0.291. The largest absolute Gasteiger partial charge is 0.382 e. The molecule has 2 unspecified atom stereocenters. The predicted molar refractivity (Wildman–Crippen MR) is 85.2 cm³/mol. The normalized spacial score (nSPS) is 18.6. The fraction of sp³-hybridized carbons (Fsp3) is 0.667. The minimum absolute atomic E-state index is 0.291. The number of hydrogen-bond donors (Lipinski definition) is 1. The summed E-state index contributed by atoms with van der Waals surface area (Å²) in [6.45, 7) is 5.45. The number of hydrogen-bond acceptors (Lipinski definition) is 2. The van der Waals surface area contributed by atoms with E-state index < -0.39 is 0 Å². The lowest BCUT2D eigenvalue weighted by atomic mass is 9.76. The zero-order chi connectivity index (χ0) is 14.4. The Bertz CT molecular complexity index is 400. The van der Waals surface area contributed by atoms with E-state index in [0.29, 0.717) is 12.1 Å². The van der Waals surface area contributed by atoms with Crippen molar-refractivity contribution >= 4 is 0 Å². The van der Waals surface area contributed by atoms with Crippen molar-refractivity contribution in [2.24, 2.45) is 0 Å². The molecule has 0 saturated heterocycles. The average molecular weight is 275 g/mol. The molecule has 2 atom stereocenters. The van der Waals surface area contributed by atoms with E-state index in [2.05, 4.69) is 43.4 Å². The standard InChI is InChI=1S/C18H29NO/c1-4-12-19-18(13-14(2)20-3)17-11-6-5-10-16(17)15-8-7-9-15/h5-6,10-11,14-15,18-19H,4,7-9,12-13H2,1-3H3. The quantitative estimate of drug-likeness (QED) is 0.758. The van der Waals surface area contributed by atoms with Crippen molar-refractivity contribution in [1.82, 2.24) is 5.32 Å². The van der Waals surface area contributed by atoms with E-state index in [1.54, 1.807) is 12.7 Å². The average Bonchev–Trinajstić information content (AvgIpc) is 2.42. The molecule has 1 aliphatic carbocycles. The van der Waals surface area contributed by atoms with Gasteiger partial charge in [0.1, 0.15) is 0 Å². The van der Waals surface area contributed by atoms with Crippen LogP contribution in [-0.2, 0) is 4.74 Å². The van der Waals surface area contributed by atoms with Gasteiger partial charge in [0.25, 0.3) is 0 Å². The van der Waals surface area contributed by atoms with Gasteiger partial charge in [0.2, 0.25) is 0 Å². The number of methoxy groups -OCH3 is 1. The van der Waals surface area contributed by atoms with Gasteiger partial charge in [0.05, 0.1) is 6.10 Å². The van der Waals surface area contributed by atoms with Crippen molar-refractivity contribution in [3.63, 3.8) is 0 Å². The van der Waals surface area contributed by atoms with Crippen LogP contribution in [0, 0.1) is 0 Å². The zero-order valence-corrected chi connectivity index (χ0v) is 13.2. The van der Waals surface area contributed by atoms with Gasteiger partial charge in [-0.15, -0.1) is 0 Å². The molecule has 0 aromatic heterocycles. The van der Waals surface area contributed by atoms with E-state index in [1.807, 2.05) is 0 Å². The van der Waals surface area contributed by atoms with Crippen LogP contribution < -0.4 is 5.32 Å². The summed E-state index contributed by atoms with van der Waals surface area (Å²) in [7, 11) is 1.80. The molecular weight excluding hydrogens is 246 g/mol. The Morgan fingerprint density at radius 2 is 2.05 bits per heavy atom. The molecule has 1 fully saturated rings. The van der Waals surface area contributed by atoms with Crippen molar-refractivity contribution in [3.8, 4) is 0 Å². The van der Waals surface area contributed by atoms with Crippen LogP contribution in [-0.4, -0.2) is 19.8 Å². The van der Waals surface area contributed by atoms with E-state index in [-0.39, 0.29) is 0 Å². The summed E-state index contributed by atoms with van der Waals surface area (Å²) in [5.74, 6) is 0.787. The molecule has 0 bridgehead atoms. The molecule has 0 spiro atoms. The Morgan fingerprint density at radius 1 is 1.30 bits per heavy atom. The summed E-state index contributed by atoms with van der Waals surface area (Å²) in [6.07, 6.45) is 6.61. The Labute approximate surface area is 123 Å². The first-order valence-corrected chi connectivity index (χ1v) is 8.11. The van der Waals surface area contributed by atoms with Crippen molar-refractivity contribution < 1.29 is 4.74 Å². The monoisotopic (exact) mass is 275 g/mol. The highest BCUT2D eigenvalue weighted by Gasteiger charge is 2.25. The fourth-order valence-electron chi connectivity index (χ4n) is 2.99. The molecule has 1 aromatic carbocycles. The molecule has 20 heavy (non-hydrogen) atoms. The minimum Gasteiger partial charge on any atom is -0.382 e. The van der Waals surface area contributed by atoms with Crippen LogP contribution in [0.25, 0.3) is 0 Å². The van der Waals surface area contributed by atoms with Gasteiger partial charge in [0, 0.05) is 13.2 Å². The number of nitrogens with one attached hydrogen (secondary N) is 1. The van der Waals surface area contributed by atoms with Gasteiger partial charge < -0.3 is 10.1 Å². The van der Waals surface area contributed by atoms with Gasteiger partial charge in [-0.1, -0.05) is 37.6 Å². The molecule has 112 valence electrons. The highest BCUT2D eigenvalue weighted by atomic mass is 16.5. The lowest BCUT2D eigenvalue weighted by molar-refractivity contribution is 0.100. The maximum atomic E-state index is 5.48. The van der Waals surface area contributed by atoms with Crippen molar-refractivity contribution in [3.05, 3.63) is 35.4 Å². The lowest BCUT2D eigenvalue weighted by Crippen LogP contribution is -2.28. The molecule has 1 aromatic rings. The fourth-order valence-corrected chi connectivity index (χ4v) is 2.99. The first kappa shape index (κ1) is 15.5. The van der Waals surface area contributed by atoms with Gasteiger partial charge in [-0.05, 0) is 56.2 Å². The highest BCUT2D eigenvalue weighted by Crippen LogP contribution is 2.40. The zero-order valence-electron chi connectivity index (χ0n) is 13.2.